The Bertz CT molecular complexity index is 791. The Hall–Kier alpha value is -2.51. The second kappa shape index (κ2) is 10.5. The van der Waals surface area contributed by atoms with E-state index in [4.69, 9.17) is 9.84 Å². The minimum absolute atomic E-state index is 0.0156. The lowest BCUT2D eigenvalue weighted by Crippen LogP contribution is -2.33. The molecule has 1 fully saturated rings. The highest BCUT2D eigenvalue weighted by molar-refractivity contribution is 7.99. The van der Waals surface area contributed by atoms with Gasteiger partial charge in [0.1, 0.15) is 11.8 Å². The monoisotopic (exact) mass is 438 g/mol. The molecule has 1 aliphatic rings. The standard InChI is InChI=1S/C12H12N4O4S.C8H18O/c13-7-8-5-11(16(19)20)9(14-12(17)18)6-10(8)15-1-3-21-4-2-15;1-7(2,3)9-8(4,5)6/h5-6,14H,1-4H2,(H,17,18);1-6H3. The molecule has 166 valence electrons. The molecule has 0 aromatic heterocycles. The van der Waals surface area contributed by atoms with Crippen LogP contribution in [0.15, 0.2) is 12.1 Å². The molecule has 0 spiro atoms. The lowest BCUT2D eigenvalue weighted by Gasteiger charge is -2.30. The number of nitro benzene ring substituents is 1. The van der Waals surface area contributed by atoms with Crippen LogP contribution in [0.4, 0.5) is 21.9 Å². The van der Waals surface area contributed by atoms with Crippen LogP contribution in [-0.4, -0.2) is 51.9 Å². The van der Waals surface area contributed by atoms with Gasteiger partial charge in [-0.1, -0.05) is 0 Å². The summed E-state index contributed by atoms with van der Waals surface area (Å²) in [6, 6.07) is 4.42. The molecule has 1 aromatic rings. The zero-order valence-corrected chi connectivity index (χ0v) is 19.1. The van der Waals surface area contributed by atoms with Crippen molar-refractivity contribution in [1.29, 1.82) is 5.26 Å². The Morgan fingerprint density at radius 1 is 1.23 bits per heavy atom. The normalized spacial score (nSPS) is 14.2. The largest absolute Gasteiger partial charge is 0.465 e. The van der Waals surface area contributed by atoms with Crippen LogP contribution in [0.1, 0.15) is 47.1 Å². The van der Waals surface area contributed by atoms with Gasteiger partial charge in [0, 0.05) is 30.7 Å². The number of amides is 1. The lowest BCUT2D eigenvalue weighted by atomic mass is 10.1. The minimum atomic E-state index is -1.39. The summed E-state index contributed by atoms with van der Waals surface area (Å²) in [6.07, 6.45) is -1.39. The Labute approximate surface area is 181 Å². The van der Waals surface area contributed by atoms with Crippen LogP contribution in [0.25, 0.3) is 0 Å². The first-order chi connectivity index (χ1) is 13.7. The van der Waals surface area contributed by atoms with Crippen molar-refractivity contribution < 1.29 is 19.6 Å². The summed E-state index contributed by atoms with van der Waals surface area (Å²) in [6.45, 7) is 13.8. The number of thioether (sulfide) groups is 1. The second-order valence-corrected chi connectivity index (χ2v) is 9.84. The number of carbonyl (C=O) groups is 1. The van der Waals surface area contributed by atoms with Crippen molar-refractivity contribution in [2.24, 2.45) is 0 Å². The topological polar surface area (TPSA) is 129 Å². The third kappa shape index (κ3) is 8.88. The van der Waals surface area contributed by atoms with E-state index in [1.54, 1.807) is 11.8 Å². The van der Waals surface area contributed by atoms with Crippen molar-refractivity contribution in [1.82, 2.24) is 0 Å². The highest BCUT2D eigenvalue weighted by Gasteiger charge is 2.23. The van der Waals surface area contributed by atoms with Crippen molar-refractivity contribution >= 4 is 34.9 Å². The molecule has 1 aromatic carbocycles. The number of benzene rings is 1. The van der Waals surface area contributed by atoms with Gasteiger partial charge in [-0.25, -0.2) is 4.79 Å². The molecule has 2 rings (SSSR count). The first kappa shape index (κ1) is 25.5. The molecule has 0 saturated carbocycles. The summed E-state index contributed by atoms with van der Waals surface area (Å²) in [5, 5.41) is 31.0. The molecule has 1 saturated heterocycles. The fourth-order valence-electron chi connectivity index (χ4n) is 3.02. The molecule has 2 N–H and O–H groups in total. The van der Waals surface area contributed by atoms with E-state index >= 15 is 0 Å². The third-order valence-corrected chi connectivity index (χ3v) is 4.58. The van der Waals surface area contributed by atoms with Crippen LogP contribution in [0.5, 0.6) is 0 Å². The number of nitrogens with zero attached hydrogens (tertiary/aromatic N) is 3. The maximum Gasteiger partial charge on any atom is 0.409 e. The van der Waals surface area contributed by atoms with E-state index in [1.807, 2.05) is 16.3 Å². The zero-order chi connectivity index (χ0) is 23.1. The molecule has 30 heavy (non-hydrogen) atoms. The molecule has 1 aliphatic heterocycles. The molecule has 0 aliphatic carbocycles. The lowest BCUT2D eigenvalue weighted by molar-refractivity contribution is -0.383. The second-order valence-electron chi connectivity index (χ2n) is 8.61. The summed E-state index contributed by atoms with van der Waals surface area (Å²) in [7, 11) is 0. The number of nitriles is 1. The van der Waals surface area contributed by atoms with Crippen LogP contribution >= 0.6 is 11.8 Å². The summed E-state index contributed by atoms with van der Waals surface area (Å²) in [5.41, 5.74) is 0.108. The van der Waals surface area contributed by atoms with Gasteiger partial charge in [0.2, 0.25) is 0 Å². The van der Waals surface area contributed by atoms with Gasteiger partial charge in [-0.15, -0.1) is 0 Å². The van der Waals surface area contributed by atoms with E-state index in [1.165, 1.54) is 6.07 Å². The summed E-state index contributed by atoms with van der Waals surface area (Å²) < 4.78 is 5.62. The zero-order valence-electron chi connectivity index (χ0n) is 18.3. The quantitative estimate of drug-likeness (QED) is 0.513. The maximum atomic E-state index is 11.0. The van der Waals surface area contributed by atoms with Gasteiger partial charge in [-0.3, -0.25) is 15.4 Å². The Balaban J connectivity index is 0.000000424. The molecule has 9 nitrogen and oxygen atoms in total. The van der Waals surface area contributed by atoms with E-state index in [-0.39, 0.29) is 22.5 Å². The number of ether oxygens (including phenoxy) is 1. The van der Waals surface area contributed by atoms with E-state index < -0.39 is 16.7 Å². The van der Waals surface area contributed by atoms with Crippen molar-refractivity contribution in [3.8, 4) is 6.07 Å². The van der Waals surface area contributed by atoms with Crippen LogP contribution in [0, 0.1) is 21.4 Å². The molecular formula is C20H30N4O5S. The molecule has 10 heteroatoms. The fourth-order valence-corrected chi connectivity index (χ4v) is 3.92. The van der Waals surface area contributed by atoms with Crippen LogP contribution < -0.4 is 10.2 Å². The SMILES string of the molecule is CC(C)(C)OC(C)(C)C.N#Cc1cc([N+](=O)[O-])c(NC(=O)O)cc1N1CCSCC1. The van der Waals surface area contributed by atoms with E-state index in [2.05, 4.69) is 41.5 Å². The number of rotatable bonds is 3. The first-order valence-corrected chi connectivity index (χ1v) is 10.6. The molecule has 1 heterocycles. The Morgan fingerprint density at radius 3 is 2.13 bits per heavy atom. The number of carboxylic acid groups (broad SMARTS) is 1. The maximum absolute atomic E-state index is 11.0. The Kier molecular flexibility index (Phi) is 8.93. The predicted molar refractivity (Wildman–Crippen MR) is 120 cm³/mol. The van der Waals surface area contributed by atoms with Gasteiger partial charge in [0.05, 0.1) is 27.4 Å². The van der Waals surface area contributed by atoms with Crippen molar-refractivity contribution in [3.63, 3.8) is 0 Å². The number of nitro groups is 1. The third-order valence-electron chi connectivity index (χ3n) is 3.64. The summed E-state index contributed by atoms with van der Waals surface area (Å²) in [4.78, 5) is 23.0. The summed E-state index contributed by atoms with van der Waals surface area (Å²) >= 11 is 1.79. The van der Waals surface area contributed by atoms with E-state index in [0.29, 0.717) is 18.8 Å². The molecule has 1 amide bonds. The van der Waals surface area contributed by atoms with Crippen LogP contribution in [-0.2, 0) is 4.74 Å². The fraction of sp³-hybridized carbons (Fsp3) is 0.600. The average molecular weight is 439 g/mol. The average Bonchev–Trinajstić information content (AvgIpc) is 2.59. The van der Waals surface area contributed by atoms with Crippen molar-refractivity contribution in [2.45, 2.75) is 52.7 Å². The number of hydrogen-bond acceptors (Lipinski definition) is 7. The minimum Gasteiger partial charge on any atom is -0.465 e. The molecule has 0 radical (unpaired) electrons. The van der Waals surface area contributed by atoms with Gasteiger partial charge < -0.3 is 14.7 Å². The number of anilines is 2. The van der Waals surface area contributed by atoms with Crippen LogP contribution in [0.3, 0.4) is 0 Å². The molecule has 0 bridgehead atoms. The van der Waals surface area contributed by atoms with Crippen molar-refractivity contribution in [2.75, 3.05) is 34.8 Å². The predicted octanol–water partition coefficient (Wildman–Crippen LogP) is 4.71. The smallest absolute Gasteiger partial charge is 0.409 e. The van der Waals surface area contributed by atoms with E-state index in [9.17, 15) is 20.2 Å². The van der Waals surface area contributed by atoms with Gasteiger partial charge in [0.15, 0.2) is 0 Å². The number of nitrogens with one attached hydrogen (secondary N) is 1. The first-order valence-electron chi connectivity index (χ1n) is 9.49. The van der Waals surface area contributed by atoms with Crippen molar-refractivity contribution in [3.05, 3.63) is 27.8 Å². The van der Waals surface area contributed by atoms with Crippen LogP contribution in [0.2, 0.25) is 0 Å². The van der Waals surface area contributed by atoms with Gasteiger partial charge >= 0.3 is 6.09 Å². The van der Waals surface area contributed by atoms with Gasteiger partial charge in [-0.2, -0.15) is 17.0 Å². The summed E-state index contributed by atoms with van der Waals surface area (Å²) in [5.74, 6) is 1.78. The molecular weight excluding hydrogens is 408 g/mol. The highest BCUT2D eigenvalue weighted by atomic mass is 32.2. The van der Waals surface area contributed by atoms with Gasteiger partial charge in [0.25, 0.3) is 5.69 Å². The Morgan fingerprint density at radius 2 is 1.77 bits per heavy atom. The molecule has 0 atom stereocenters. The van der Waals surface area contributed by atoms with Gasteiger partial charge in [-0.05, 0) is 47.6 Å². The number of hydrogen-bond donors (Lipinski definition) is 2. The van der Waals surface area contributed by atoms with E-state index in [0.717, 1.165) is 17.6 Å². The molecule has 0 unspecified atom stereocenters. The highest BCUT2D eigenvalue weighted by Crippen LogP contribution is 2.34.